The van der Waals surface area contributed by atoms with Crippen molar-refractivity contribution in [2.24, 2.45) is 0 Å². The van der Waals surface area contributed by atoms with Crippen molar-refractivity contribution in [1.82, 2.24) is 5.32 Å². The molecule has 0 atom stereocenters. The zero-order valence-electron chi connectivity index (χ0n) is 9.29. The van der Waals surface area contributed by atoms with Crippen molar-refractivity contribution in [2.75, 3.05) is 6.54 Å². The van der Waals surface area contributed by atoms with E-state index in [1.807, 2.05) is 25.1 Å². The number of hydrogen-bond acceptors (Lipinski definition) is 2. The lowest BCUT2D eigenvalue weighted by atomic mass is 9.96. The Kier molecular flexibility index (Phi) is 2.66. The molecule has 82 valence electrons. The van der Waals surface area contributed by atoms with E-state index >= 15 is 0 Å². The van der Waals surface area contributed by atoms with Gasteiger partial charge in [0.25, 0.3) is 5.91 Å². The normalized spacial score (nSPS) is 16.2. The van der Waals surface area contributed by atoms with E-state index in [1.54, 1.807) is 6.07 Å². The van der Waals surface area contributed by atoms with E-state index < -0.39 is 0 Å². The van der Waals surface area contributed by atoms with Gasteiger partial charge in [-0.2, -0.15) is 5.26 Å². The predicted molar refractivity (Wildman–Crippen MR) is 61.0 cm³/mol. The molecular formula is C13H14N2O. The van der Waals surface area contributed by atoms with Gasteiger partial charge in [-0.15, -0.1) is 0 Å². The Balaban J connectivity index is 2.28. The maximum absolute atomic E-state index is 11.6. The van der Waals surface area contributed by atoms with Gasteiger partial charge in [0.2, 0.25) is 0 Å². The first-order chi connectivity index (χ1) is 7.72. The zero-order chi connectivity index (χ0) is 11.6. The minimum absolute atomic E-state index is 0.0712. The van der Waals surface area contributed by atoms with E-state index in [4.69, 9.17) is 5.26 Å². The van der Waals surface area contributed by atoms with E-state index in [1.165, 1.54) is 0 Å². The highest BCUT2D eigenvalue weighted by molar-refractivity contribution is 5.94. The number of amides is 1. The van der Waals surface area contributed by atoms with E-state index in [0.29, 0.717) is 12.1 Å². The smallest absolute Gasteiger partial charge is 0.251 e. The summed E-state index contributed by atoms with van der Waals surface area (Å²) in [6, 6.07) is 9.72. The molecule has 2 rings (SSSR count). The predicted octanol–water partition coefficient (Wildman–Crippen LogP) is 1.99. The van der Waals surface area contributed by atoms with Crippen LogP contribution in [-0.4, -0.2) is 12.5 Å². The second-order valence-electron chi connectivity index (χ2n) is 4.13. The zero-order valence-corrected chi connectivity index (χ0v) is 9.29. The van der Waals surface area contributed by atoms with Crippen LogP contribution in [0.1, 0.15) is 35.7 Å². The molecule has 0 radical (unpaired) electrons. The van der Waals surface area contributed by atoms with Crippen LogP contribution in [0, 0.1) is 11.3 Å². The molecule has 1 saturated carbocycles. The Morgan fingerprint density at radius 3 is 2.88 bits per heavy atom. The van der Waals surface area contributed by atoms with E-state index in [0.717, 1.165) is 18.4 Å². The first-order valence-corrected chi connectivity index (χ1v) is 5.52. The van der Waals surface area contributed by atoms with Gasteiger partial charge in [0, 0.05) is 12.1 Å². The van der Waals surface area contributed by atoms with Crippen LogP contribution in [0.2, 0.25) is 0 Å². The minimum atomic E-state index is -0.317. The quantitative estimate of drug-likeness (QED) is 0.836. The summed E-state index contributed by atoms with van der Waals surface area (Å²) in [5.41, 5.74) is 1.29. The lowest BCUT2D eigenvalue weighted by molar-refractivity contribution is 0.0955. The van der Waals surface area contributed by atoms with Crippen LogP contribution in [0.25, 0.3) is 0 Å². The molecule has 0 aliphatic heterocycles. The molecular weight excluding hydrogens is 200 g/mol. The SMILES string of the molecule is CCNC(=O)c1cccc(C2(C#N)CC2)c1. The topological polar surface area (TPSA) is 52.9 Å². The average molecular weight is 214 g/mol. The van der Waals surface area contributed by atoms with Crippen LogP contribution in [0.5, 0.6) is 0 Å². The third-order valence-corrected chi connectivity index (χ3v) is 2.98. The van der Waals surface area contributed by atoms with Gasteiger partial charge in [-0.3, -0.25) is 4.79 Å². The Morgan fingerprint density at radius 1 is 1.56 bits per heavy atom. The summed E-state index contributed by atoms with van der Waals surface area (Å²) in [7, 11) is 0. The van der Waals surface area contributed by atoms with Crippen LogP contribution >= 0.6 is 0 Å². The van der Waals surface area contributed by atoms with Crippen molar-refractivity contribution >= 4 is 5.91 Å². The lowest BCUT2D eigenvalue weighted by Crippen LogP contribution is -2.23. The van der Waals surface area contributed by atoms with Gasteiger partial charge < -0.3 is 5.32 Å². The van der Waals surface area contributed by atoms with E-state index in [9.17, 15) is 4.79 Å². The average Bonchev–Trinajstić information content (AvgIpc) is 3.10. The minimum Gasteiger partial charge on any atom is -0.352 e. The van der Waals surface area contributed by atoms with E-state index in [-0.39, 0.29) is 11.3 Å². The number of carbonyl (C=O) groups is 1. The number of benzene rings is 1. The summed E-state index contributed by atoms with van der Waals surface area (Å²) in [5.74, 6) is -0.0712. The van der Waals surface area contributed by atoms with Crippen molar-refractivity contribution in [3.8, 4) is 6.07 Å². The molecule has 1 aliphatic rings. The molecule has 1 aromatic carbocycles. The van der Waals surface area contributed by atoms with E-state index in [2.05, 4.69) is 11.4 Å². The monoisotopic (exact) mass is 214 g/mol. The largest absolute Gasteiger partial charge is 0.352 e. The maximum atomic E-state index is 11.6. The van der Waals surface area contributed by atoms with Crippen LogP contribution in [0.4, 0.5) is 0 Å². The van der Waals surface area contributed by atoms with Crippen molar-refractivity contribution in [2.45, 2.75) is 25.2 Å². The molecule has 0 saturated heterocycles. The molecule has 1 fully saturated rings. The van der Waals surface area contributed by atoms with Crippen LogP contribution < -0.4 is 5.32 Å². The number of nitrogens with one attached hydrogen (secondary N) is 1. The summed E-state index contributed by atoms with van der Waals surface area (Å²) in [6.45, 7) is 2.51. The molecule has 1 N–H and O–H groups in total. The fourth-order valence-electron chi connectivity index (χ4n) is 1.81. The molecule has 0 aromatic heterocycles. The third-order valence-electron chi connectivity index (χ3n) is 2.98. The number of hydrogen-bond donors (Lipinski definition) is 1. The van der Waals surface area contributed by atoms with Gasteiger partial charge in [-0.05, 0) is 37.5 Å². The Bertz CT molecular complexity index is 455. The molecule has 1 aliphatic carbocycles. The maximum Gasteiger partial charge on any atom is 0.251 e. The second kappa shape index (κ2) is 3.97. The van der Waals surface area contributed by atoms with Crippen molar-refractivity contribution in [3.63, 3.8) is 0 Å². The molecule has 3 heteroatoms. The second-order valence-corrected chi connectivity index (χ2v) is 4.13. The number of nitriles is 1. The first-order valence-electron chi connectivity index (χ1n) is 5.52. The molecule has 0 heterocycles. The first kappa shape index (κ1) is 10.7. The fourth-order valence-corrected chi connectivity index (χ4v) is 1.81. The Labute approximate surface area is 95.1 Å². The van der Waals surface area contributed by atoms with Crippen LogP contribution in [0.3, 0.4) is 0 Å². The number of carbonyl (C=O) groups excluding carboxylic acids is 1. The van der Waals surface area contributed by atoms with Gasteiger partial charge in [-0.1, -0.05) is 12.1 Å². The number of nitrogens with zero attached hydrogens (tertiary/aromatic N) is 1. The molecule has 0 spiro atoms. The molecule has 1 aromatic rings. The summed E-state index contributed by atoms with van der Waals surface area (Å²) < 4.78 is 0. The Morgan fingerprint density at radius 2 is 2.31 bits per heavy atom. The van der Waals surface area contributed by atoms with Gasteiger partial charge >= 0.3 is 0 Å². The van der Waals surface area contributed by atoms with Crippen molar-refractivity contribution in [3.05, 3.63) is 35.4 Å². The lowest BCUT2D eigenvalue weighted by Gasteiger charge is -2.08. The van der Waals surface area contributed by atoms with Crippen molar-refractivity contribution in [1.29, 1.82) is 5.26 Å². The molecule has 0 bridgehead atoms. The Hall–Kier alpha value is -1.82. The fraction of sp³-hybridized carbons (Fsp3) is 0.385. The standard InChI is InChI=1S/C13H14N2O/c1-2-15-12(16)10-4-3-5-11(8-10)13(9-14)6-7-13/h3-5,8H,2,6-7H2,1H3,(H,15,16). The third kappa shape index (κ3) is 1.79. The summed E-state index contributed by atoms with van der Waals surface area (Å²) in [6.07, 6.45) is 1.81. The summed E-state index contributed by atoms with van der Waals surface area (Å²) >= 11 is 0. The highest BCUT2D eigenvalue weighted by atomic mass is 16.1. The van der Waals surface area contributed by atoms with Gasteiger partial charge in [0.1, 0.15) is 0 Å². The molecule has 0 unspecified atom stereocenters. The van der Waals surface area contributed by atoms with Gasteiger partial charge in [0.05, 0.1) is 11.5 Å². The number of rotatable bonds is 3. The molecule has 1 amide bonds. The summed E-state index contributed by atoms with van der Waals surface area (Å²) in [5, 5.41) is 11.8. The molecule has 16 heavy (non-hydrogen) atoms. The highest BCUT2D eigenvalue weighted by Crippen LogP contribution is 2.47. The van der Waals surface area contributed by atoms with Crippen molar-refractivity contribution < 1.29 is 4.79 Å². The van der Waals surface area contributed by atoms with Gasteiger partial charge in [-0.25, -0.2) is 0 Å². The molecule has 3 nitrogen and oxygen atoms in total. The van der Waals surface area contributed by atoms with Gasteiger partial charge in [0.15, 0.2) is 0 Å². The van der Waals surface area contributed by atoms with Crippen LogP contribution in [-0.2, 0) is 5.41 Å². The van der Waals surface area contributed by atoms with Crippen LogP contribution in [0.15, 0.2) is 24.3 Å². The highest BCUT2D eigenvalue weighted by Gasteiger charge is 2.44. The summed E-state index contributed by atoms with van der Waals surface area (Å²) in [4.78, 5) is 11.6.